The number of imidazole rings is 1. The highest BCUT2D eigenvalue weighted by atomic mass is 16.2. The summed E-state index contributed by atoms with van der Waals surface area (Å²) in [7, 11) is 0. The molecule has 1 aromatic heterocycles. The summed E-state index contributed by atoms with van der Waals surface area (Å²) in [5, 5.41) is 2.85. The first-order chi connectivity index (χ1) is 11.6. The van der Waals surface area contributed by atoms with Gasteiger partial charge in [0.25, 0.3) is 0 Å². The molecule has 0 atom stereocenters. The van der Waals surface area contributed by atoms with Gasteiger partial charge in [0.2, 0.25) is 5.91 Å². The number of benzene rings is 2. The summed E-state index contributed by atoms with van der Waals surface area (Å²) in [5.74, 6) is -0.133. The molecule has 3 rings (SSSR count). The molecular weight excluding hydrogens is 302 g/mol. The highest BCUT2D eigenvalue weighted by Gasteiger charge is 2.07. The smallest absolute Gasteiger partial charge is 0.326 e. The first kappa shape index (κ1) is 15.8. The van der Waals surface area contributed by atoms with E-state index in [2.05, 4.69) is 10.3 Å². The molecule has 1 heterocycles. The molecule has 0 spiro atoms. The van der Waals surface area contributed by atoms with Crippen LogP contribution in [0.4, 0.5) is 0 Å². The third-order valence-electron chi connectivity index (χ3n) is 3.84. The Bertz CT molecular complexity index is 936. The lowest BCUT2D eigenvalue weighted by atomic mass is 10.1. The quantitative estimate of drug-likeness (QED) is 0.709. The number of nitrogens with zero attached hydrogens (tertiary/aromatic N) is 1. The first-order valence-electron chi connectivity index (χ1n) is 7.84. The van der Waals surface area contributed by atoms with Crippen molar-refractivity contribution in [3.05, 3.63) is 76.2 Å². The molecule has 3 aromatic rings. The Labute approximate surface area is 139 Å². The van der Waals surface area contributed by atoms with Gasteiger partial charge in [0.05, 0.1) is 11.0 Å². The highest BCUT2D eigenvalue weighted by Crippen LogP contribution is 2.09. The van der Waals surface area contributed by atoms with Gasteiger partial charge in [-0.15, -0.1) is 0 Å². The summed E-state index contributed by atoms with van der Waals surface area (Å²) in [5.41, 5.74) is 3.09. The van der Waals surface area contributed by atoms with Crippen LogP contribution in [0.5, 0.6) is 0 Å². The second-order valence-electron chi connectivity index (χ2n) is 5.59. The topological polar surface area (TPSA) is 66.9 Å². The largest absolute Gasteiger partial charge is 0.351 e. The van der Waals surface area contributed by atoms with Crippen LogP contribution in [0.25, 0.3) is 17.1 Å². The number of hydrogen-bond acceptors (Lipinski definition) is 2. The van der Waals surface area contributed by atoms with Gasteiger partial charge in [-0.25, -0.2) is 4.79 Å². The fourth-order valence-electron chi connectivity index (χ4n) is 2.61. The Morgan fingerprint density at radius 2 is 1.83 bits per heavy atom. The number of aromatic amines is 1. The van der Waals surface area contributed by atoms with Crippen LogP contribution in [0.15, 0.2) is 65.0 Å². The maximum absolute atomic E-state index is 12.1. The van der Waals surface area contributed by atoms with Gasteiger partial charge in [-0.1, -0.05) is 42.5 Å². The van der Waals surface area contributed by atoms with Crippen molar-refractivity contribution in [2.45, 2.75) is 13.5 Å². The molecule has 0 saturated carbocycles. The summed E-state index contributed by atoms with van der Waals surface area (Å²) in [6.45, 7) is 2.59. The SMILES string of the molecule is C/C(=C\c1ccccc1)C(=O)NCCn1c(=O)[nH]c2ccccc21. The van der Waals surface area contributed by atoms with Gasteiger partial charge in [0.15, 0.2) is 0 Å². The minimum Gasteiger partial charge on any atom is -0.351 e. The van der Waals surface area contributed by atoms with E-state index in [0.717, 1.165) is 16.6 Å². The van der Waals surface area contributed by atoms with Gasteiger partial charge >= 0.3 is 5.69 Å². The van der Waals surface area contributed by atoms with Crippen molar-refractivity contribution >= 4 is 23.0 Å². The lowest BCUT2D eigenvalue weighted by molar-refractivity contribution is -0.117. The Balaban J connectivity index is 1.63. The molecule has 24 heavy (non-hydrogen) atoms. The Morgan fingerprint density at radius 3 is 2.62 bits per heavy atom. The molecule has 122 valence electrons. The van der Waals surface area contributed by atoms with Gasteiger partial charge in [-0.3, -0.25) is 9.36 Å². The van der Waals surface area contributed by atoms with Crippen LogP contribution < -0.4 is 11.0 Å². The van der Waals surface area contributed by atoms with E-state index >= 15 is 0 Å². The predicted molar refractivity (Wildman–Crippen MR) is 95.7 cm³/mol. The second kappa shape index (κ2) is 7.00. The van der Waals surface area contributed by atoms with Crippen molar-refractivity contribution in [1.82, 2.24) is 14.9 Å². The molecule has 0 bridgehead atoms. The monoisotopic (exact) mass is 321 g/mol. The molecular formula is C19H19N3O2. The predicted octanol–water partition coefficient (Wildman–Crippen LogP) is 2.55. The first-order valence-corrected chi connectivity index (χ1v) is 7.84. The number of rotatable bonds is 5. The Hall–Kier alpha value is -3.08. The Morgan fingerprint density at radius 1 is 1.12 bits per heavy atom. The van der Waals surface area contributed by atoms with E-state index in [4.69, 9.17) is 0 Å². The standard InChI is InChI=1S/C19H19N3O2/c1-14(13-15-7-3-2-4-8-15)18(23)20-11-12-22-17-10-6-5-9-16(17)21-19(22)24/h2-10,13H,11-12H2,1H3,(H,20,23)(H,21,24)/b14-13+. The Kier molecular flexibility index (Phi) is 4.61. The fraction of sp³-hybridized carbons (Fsp3) is 0.158. The van der Waals surface area contributed by atoms with E-state index in [-0.39, 0.29) is 11.6 Å². The number of hydrogen-bond donors (Lipinski definition) is 2. The van der Waals surface area contributed by atoms with E-state index in [1.165, 1.54) is 0 Å². The summed E-state index contributed by atoms with van der Waals surface area (Å²) in [6, 6.07) is 17.2. The van der Waals surface area contributed by atoms with Gasteiger partial charge in [-0.2, -0.15) is 0 Å². The van der Waals surface area contributed by atoms with Crippen LogP contribution in [0.2, 0.25) is 0 Å². The normalized spacial score (nSPS) is 11.6. The van der Waals surface area contributed by atoms with Crippen molar-refractivity contribution in [2.75, 3.05) is 6.54 Å². The van der Waals surface area contributed by atoms with Crippen LogP contribution in [0.3, 0.4) is 0 Å². The molecule has 0 aliphatic heterocycles. The lowest BCUT2D eigenvalue weighted by Crippen LogP contribution is -2.30. The van der Waals surface area contributed by atoms with Crippen LogP contribution in [0.1, 0.15) is 12.5 Å². The maximum Gasteiger partial charge on any atom is 0.326 e. The number of H-pyrrole nitrogens is 1. The number of aromatic nitrogens is 2. The fourth-order valence-corrected chi connectivity index (χ4v) is 2.61. The number of fused-ring (bicyclic) bond motifs is 1. The van der Waals surface area contributed by atoms with Crippen molar-refractivity contribution in [1.29, 1.82) is 0 Å². The minimum absolute atomic E-state index is 0.133. The third kappa shape index (κ3) is 3.46. The van der Waals surface area contributed by atoms with E-state index in [1.54, 1.807) is 11.5 Å². The molecule has 2 aromatic carbocycles. The van der Waals surface area contributed by atoms with Crippen molar-refractivity contribution in [3.63, 3.8) is 0 Å². The third-order valence-corrected chi connectivity index (χ3v) is 3.84. The number of para-hydroxylation sites is 2. The summed E-state index contributed by atoms with van der Waals surface area (Å²) < 4.78 is 1.63. The van der Waals surface area contributed by atoms with E-state index in [1.807, 2.05) is 60.7 Å². The maximum atomic E-state index is 12.1. The van der Waals surface area contributed by atoms with Crippen LogP contribution >= 0.6 is 0 Å². The van der Waals surface area contributed by atoms with Gasteiger partial charge in [0.1, 0.15) is 0 Å². The number of carbonyl (C=O) groups excluding carboxylic acids is 1. The molecule has 5 heteroatoms. The van der Waals surface area contributed by atoms with E-state index < -0.39 is 0 Å². The highest BCUT2D eigenvalue weighted by molar-refractivity contribution is 5.97. The number of nitrogens with one attached hydrogen (secondary N) is 2. The average molecular weight is 321 g/mol. The molecule has 1 amide bonds. The van der Waals surface area contributed by atoms with Crippen LogP contribution in [-0.2, 0) is 11.3 Å². The molecule has 0 saturated heterocycles. The summed E-state index contributed by atoms with van der Waals surface area (Å²) in [6.07, 6.45) is 1.84. The minimum atomic E-state index is -0.165. The van der Waals surface area contributed by atoms with E-state index in [9.17, 15) is 9.59 Å². The van der Waals surface area contributed by atoms with Crippen molar-refractivity contribution in [3.8, 4) is 0 Å². The van der Waals surface area contributed by atoms with Gasteiger partial charge < -0.3 is 10.3 Å². The van der Waals surface area contributed by atoms with Crippen LogP contribution in [-0.4, -0.2) is 22.0 Å². The summed E-state index contributed by atoms with van der Waals surface area (Å²) in [4.78, 5) is 26.9. The summed E-state index contributed by atoms with van der Waals surface area (Å²) >= 11 is 0. The molecule has 0 fully saturated rings. The van der Waals surface area contributed by atoms with Gasteiger partial charge in [-0.05, 0) is 30.7 Å². The molecule has 0 aliphatic rings. The van der Waals surface area contributed by atoms with E-state index in [0.29, 0.717) is 18.7 Å². The molecule has 5 nitrogen and oxygen atoms in total. The molecule has 2 N–H and O–H groups in total. The number of carbonyl (C=O) groups is 1. The van der Waals surface area contributed by atoms with Crippen molar-refractivity contribution < 1.29 is 4.79 Å². The second-order valence-corrected chi connectivity index (χ2v) is 5.59. The lowest BCUT2D eigenvalue weighted by Gasteiger charge is -2.07. The molecule has 0 unspecified atom stereocenters. The molecule has 0 aliphatic carbocycles. The zero-order chi connectivity index (χ0) is 16.9. The van der Waals surface area contributed by atoms with Crippen LogP contribution in [0, 0.1) is 0 Å². The number of amides is 1. The average Bonchev–Trinajstić information content (AvgIpc) is 2.91. The molecule has 0 radical (unpaired) electrons. The van der Waals surface area contributed by atoms with Crippen molar-refractivity contribution in [2.24, 2.45) is 0 Å². The van der Waals surface area contributed by atoms with Gasteiger partial charge in [0, 0.05) is 18.7 Å². The zero-order valence-corrected chi connectivity index (χ0v) is 13.5. The zero-order valence-electron chi connectivity index (χ0n) is 13.5.